The first-order valence-corrected chi connectivity index (χ1v) is 3.60. The third kappa shape index (κ3) is 5.48. The molecule has 0 fully saturated rings. The normalized spacial score (nSPS) is 11.8. The van der Waals surface area contributed by atoms with Crippen LogP contribution < -0.4 is 22.1 Å². The molecule has 0 aliphatic rings. The van der Waals surface area contributed by atoms with Crippen LogP contribution in [0, 0.1) is 0 Å². The second-order valence-electron chi connectivity index (χ2n) is 2.37. The molecule has 0 unspecified atom stereocenters. The summed E-state index contributed by atoms with van der Waals surface area (Å²) >= 11 is 0. The molecule has 1 atom stereocenters. The van der Waals surface area contributed by atoms with Gasteiger partial charge in [-0.05, 0) is 6.92 Å². The largest absolute Gasteiger partial charge is 0.353 e. The monoisotopic (exact) mass is 174 g/mol. The molecular formula is C6H14N4O2. The predicted molar refractivity (Wildman–Crippen MR) is 44.2 cm³/mol. The molecule has 0 spiro atoms. The van der Waals surface area contributed by atoms with Gasteiger partial charge in [-0.1, -0.05) is 0 Å². The Morgan fingerprint density at radius 3 is 2.25 bits per heavy atom. The van der Waals surface area contributed by atoms with Crippen molar-refractivity contribution in [2.45, 2.75) is 13.0 Å². The molecule has 6 heteroatoms. The molecule has 0 bridgehead atoms. The maximum Gasteiger partial charge on any atom is 0.312 e. The molecule has 6 N–H and O–H groups in total. The Balaban J connectivity index is 3.32. The van der Waals surface area contributed by atoms with E-state index in [1.54, 1.807) is 6.92 Å². The number of urea groups is 1. The SMILES string of the molecule is C[C@H](N)C(=O)NCCNC(N)=O. The molecule has 0 saturated heterocycles. The van der Waals surface area contributed by atoms with Crippen molar-refractivity contribution in [3.63, 3.8) is 0 Å². The van der Waals surface area contributed by atoms with Gasteiger partial charge in [0.1, 0.15) is 0 Å². The van der Waals surface area contributed by atoms with Crippen molar-refractivity contribution < 1.29 is 9.59 Å². The summed E-state index contributed by atoms with van der Waals surface area (Å²) in [7, 11) is 0. The van der Waals surface area contributed by atoms with E-state index in [9.17, 15) is 9.59 Å². The molecule has 0 aromatic heterocycles. The second kappa shape index (κ2) is 5.36. The Bertz CT molecular complexity index is 169. The van der Waals surface area contributed by atoms with E-state index in [0.29, 0.717) is 13.1 Å². The first-order valence-electron chi connectivity index (χ1n) is 3.60. The van der Waals surface area contributed by atoms with Crippen LogP contribution in [0.25, 0.3) is 0 Å². The molecule has 12 heavy (non-hydrogen) atoms. The average Bonchev–Trinajstić information content (AvgIpc) is 1.97. The van der Waals surface area contributed by atoms with Gasteiger partial charge < -0.3 is 22.1 Å². The fourth-order valence-corrected chi connectivity index (χ4v) is 0.532. The van der Waals surface area contributed by atoms with Crippen LogP contribution in [0.15, 0.2) is 0 Å². The van der Waals surface area contributed by atoms with Gasteiger partial charge in [-0.2, -0.15) is 0 Å². The van der Waals surface area contributed by atoms with Gasteiger partial charge in [-0.3, -0.25) is 4.79 Å². The van der Waals surface area contributed by atoms with Crippen molar-refractivity contribution in [3.05, 3.63) is 0 Å². The molecule has 0 rings (SSSR count). The Morgan fingerprint density at radius 1 is 1.33 bits per heavy atom. The van der Waals surface area contributed by atoms with E-state index in [1.165, 1.54) is 0 Å². The lowest BCUT2D eigenvalue weighted by molar-refractivity contribution is -0.121. The van der Waals surface area contributed by atoms with Crippen LogP contribution in [-0.4, -0.2) is 31.1 Å². The number of rotatable bonds is 4. The Labute approximate surface area is 70.7 Å². The summed E-state index contributed by atoms with van der Waals surface area (Å²) in [5.74, 6) is -0.249. The maximum absolute atomic E-state index is 10.8. The minimum Gasteiger partial charge on any atom is -0.353 e. The quantitative estimate of drug-likeness (QED) is 0.374. The molecule has 0 heterocycles. The van der Waals surface area contributed by atoms with Crippen LogP contribution in [0.5, 0.6) is 0 Å². The van der Waals surface area contributed by atoms with E-state index in [0.717, 1.165) is 0 Å². The highest BCUT2D eigenvalue weighted by Gasteiger charge is 2.04. The number of carbonyl (C=O) groups is 2. The van der Waals surface area contributed by atoms with Gasteiger partial charge >= 0.3 is 6.03 Å². The van der Waals surface area contributed by atoms with E-state index >= 15 is 0 Å². The van der Waals surface area contributed by atoms with E-state index < -0.39 is 12.1 Å². The van der Waals surface area contributed by atoms with Crippen LogP contribution in [-0.2, 0) is 4.79 Å². The smallest absolute Gasteiger partial charge is 0.312 e. The minimum atomic E-state index is -0.606. The van der Waals surface area contributed by atoms with Crippen LogP contribution in [0.3, 0.4) is 0 Å². The molecule has 0 aliphatic carbocycles. The fraction of sp³-hybridized carbons (Fsp3) is 0.667. The zero-order chi connectivity index (χ0) is 9.56. The van der Waals surface area contributed by atoms with Gasteiger partial charge in [0.05, 0.1) is 6.04 Å². The van der Waals surface area contributed by atoms with Crippen molar-refractivity contribution in [1.29, 1.82) is 0 Å². The van der Waals surface area contributed by atoms with Crippen molar-refractivity contribution in [2.24, 2.45) is 11.5 Å². The molecular weight excluding hydrogens is 160 g/mol. The molecule has 0 aromatic rings. The number of hydrogen-bond acceptors (Lipinski definition) is 3. The highest BCUT2D eigenvalue weighted by Crippen LogP contribution is 1.72. The molecule has 3 amide bonds. The predicted octanol–water partition coefficient (Wildman–Crippen LogP) is -1.88. The van der Waals surface area contributed by atoms with Gasteiger partial charge in [0, 0.05) is 13.1 Å². The minimum absolute atomic E-state index is 0.249. The summed E-state index contributed by atoms with van der Waals surface area (Å²) < 4.78 is 0. The molecule has 0 aliphatic heterocycles. The number of carbonyl (C=O) groups excluding carboxylic acids is 2. The van der Waals surface area contributed by atoms with E-state index in [1.807, 2.05) is 0 Å². The van der Waals surface area contributed by atoms with Gasteiger partial charge in [-0.25, -0.2) is 4.79 Å². The fourth-order valence-electron chi connectivity index (χ4n) is 0.532. The molecule has 70 valence electrons. The summed E-state index contributed by atoms with van der Waals surface area (Å²) in [5.41, 5.74) is 10.0. The van der Waals surface area contributed by atoms with Crippen LogP contribution >= 0.6 is 0 Å². The Hall–Kier alpha value is -1.30. The molecule has 0 radical (unpaired) electrons. The summed E-state index contributed by atoms with van der Waals surface area (Å²) in [5, 5.41) is 4.83. The van der Waals surface area contributed by atoms with E-state index in [-0.39, 0.29) is 5.91 Å². The highest BCUT2D eigenvalue weighted by molar-refractivity contribution is 5.81. The second-order valence-corrected chi connectivity index (χ2v) is 2.37. The van der Waals surface area contributed by atoms with Crippen molar-refractivity contribution in [3.8, 4) is 0 Å². The summed E-state index contributed by atoms with van der Waals surface area (Å²) in [6.45, 7) is 2.23. The Kier molecular flexibility index (Phi) is 4.78. The standard InChI is InChI=1S/C6H14N4O2/c1-4(7)5(11)9-2-3-10-6(8)12/h4H,2-3,7H2,1H3,(H,9,11)(H3,8,10,12)/t4-/m0/s1. The lowest BCUT2D eigenvalue weighted by Gasteiger charge is -2.07. The van der Waals surface area contributed by atoms with Crippen LogP contribution in [0.2, 0.25) is 0 Å². The average molecular weight is 174 g/mol. The third-order valence-corrected chi connectivity index (χ3v) is 1.14. The van der Waals surface area contributed by atoms with Crippen molar-refractivity contribution in [2.75, 3.05) is 13.1 Å². The summed E-state index contributed by atoms with van der Waals surface area (Å²) in [6.07, 6.45) is 0. The first-order chi connectivity index (χ1) is 5.54. The van der Waals surface area contributed by atoms with Gasteiger partial charge in [0.15, 0.2) is 0 Å². The maximum atomic E-state index is 10.8. The first kappa shape index (κ1) is 10.7. The number of nitrogens with one attached hydrogen (secondary N) is 2. The molecule has 6 nitrogen and oxygen atoms in total. The van der Waals surface area contributed by atoms with E-state index in [4.69, 9.17) is 11.5 Å². The van der Waals surface area contributed by atoms with Crippen molar-refractivity contribution in [1.82, 2.24) is 10.6 Å². The zero-order valence-electron chi connectivity index (χ0n) is 6.96. The number of hydrogen-bond donors (Lipinski definition) is 4. The van der Waals surface area contributed by atoms with Crippen LogP contribution in [0.1, 0.15) is 6.92 Å². The lowest BCUT2D eigenvalue weighted by Crippen LogP contribution is -2.42. The third-order valence-electron chi connectivity index (χ3n) is 1.14. The highest BCUT2D eigenvalue weighted by atomic mass is 16.2. The van der Waals surface area contributed by atoms with Crippen molar-refractivity contribution >= 4 is 11.9 Å². The zero-order valence-corrected chi connectivity index (χ0v) is 6.96. The topological polar surface area (TPSA) is 110 Å². The molecule has 0 saturated carbocycles. The molecule has 0 aromatic carbocycles. The van der Waals surface area contributed by atoms with Gasteiger partial charge in [0.25, 0.3) is 0 Å². The number of primary amides is 1. The number of amides is 3. The summed E-state index contributed by atoms with van der Waals surface area (Å²) in [6, 6.07) is -1.14. The van der Waals surface area contributed by atoms with Gasteiger partial charge in [-0.15, -0.1) is 0 Å². The lowest BCUT2D eigenvalue weighted by atomic mass is 10.3. The van der Waals surface area contributed by atoms with Crippen LogP contribution in [0.4, 0.5) is 4.79 Å². The number of nitrogens with two attached hydrogens (primary N) is 2. The van der Waals surface area contributed by atoms with E-state index in [2.05, 4.69) is 10.6 Å². The van der Waals surface area contributed by atoms with Gasteiger partial charge in [0.2, 0.25) is 5.91 Å². The summed E-state index contributed by atoms with van der Waals surface area (Å²) in [4.78, 5) is 21.0. The Morgan fingerprint density at radius 2 is 1.83 bits per heavy atom.